The molecule has 3 heterocycles. The largest absolute Gasteiger partial charge is 0.505 e. The number of anilines is 1. The van der Waals surface area contributed by atoms with Gasteiger partial charge in [0.2, 0.25) is 11.6 Å². The molecule has 0 bridgehead atoms. The van der Waals surface area contributed by atoms with Gasteiger partial charge in [0, 0.05) is 24.2 Å². The number of phenolic OH excluding ortho intramolecular Hbond substituents is 1. The molecular formula is C18H20FN4O+. The van der Waals surface area contributed by atoms with Gasteiger partial charge in [-0.25, -0.2) is 9.37 Å². The lowest BCUT2D eigenvalue weighted by Crippen LogP contribution is -2.35. The summed E-state index contributed by atoms with van der Waals surface area (Å²) in [5.41, 5.74) is 3.26. The third-order valence-electron chi connectivity index (χ3n) is 4.55. The fourth-order valence-corrected chi connectivity index (χ4v) is 3.34. The lowest BCUT2D eigenvalue weighted by molar-refractivity contribution is -0.377. The van der Waals surface area contributed by atoms with Crippen LogP contribution in [0.4, 0.5) is 10.2 Å². The highest BCUT2D eigenvalue weighted by molar-refractivity contribution is 5.89. The Morgan fingerprint density at radius 2 is 2.00 bits per heavy atom. The van der Waals surface area contributed by atoms with Crippen molar-refractivity contribution < 1.29 is 14.5 Å². The number of aryl methyl sites for hydroxylation is 1. The van der Waals surface area contributed by atoms with Crippen molar-refractivity contribution in [1.29, 1.82) is 0 Å². The number of piperidine rings is 1. The molecule has 2 aromatic heterocycles. The first-order valence-corrected chi connectivity index (χ1v) is 8.28. The summed E-state index contributed by atoms with van der Waals surface area (Å²) >= 11 is 0. The Balaban J connectivity index is 1.83. The van der Waals surface area contributed by atoms with Gasteiger partial charge >= 0.3 is 0 Å². The molecule has 0 unspecified atom stereocenters. The van der Waals surface area contributed by atoms with Gasteiger partial charge in [-0.1, -0.05) is 0 Å². The lowest BCUT2D eigenvalue weighted by atomic mass is 10.1. The van der Waals surface area contributed by atoms with Gasteiger partial charge in [0.1, 0.15) is 0 Å². The summed E-state index contributed by atoms with van der Waals surface area (Å²) < 4.78 is 13.7. The van der Waals surface area contributed by atoms with E-state index in [0.29, 0.717) is 5.56 Å². The topological polar surface area (TPSA) is 66.3 Å². The monoisotopic (exact) mass is 327 g/mol. The molecule has 6 heteroatoms. The molecule has 1 fully saturated rings. The molecule has 24 heavy (non-hydrogen) atoms. The zero-order valence-corrected chi connectivity index (χ0v) is 13.6. The lowest BCUT2D eigenvalue weighted by Gasteiger charge is -2.23. The van der Waals surface area contributed by atoms with Crippen LogP contribution < -0.4 is 9.88 Å². The summed E-state index contributed by atoms with van der Waals surface area (Å²) in [6.07, 6.45) is 3.65. The molecule has 0 atom stereocenters. The summed E-state index contributed by atoms with van der Waals surface area (Å²) in [7, 11) is 0. The zero-order valence-electron chi connectivity index (χ0n) is 13.6. The highest BCUT2D eigenvalue weighted by Gasteiger charge is 2.23. The van der Waals surface area contributed by atoms with Crippen LogP contribution in [0, 0.1) is 12.7 Å². The Morgan fingerprint density at radius 1 is 1.21 bits per heavy atom. The van der Waals surface area contributed by atoms with Crippen molar-refractivity contribution in [2.75, 3.05) is 18.0 Å². The number of nitrogens with zero attached hydrogens (tertiary/aromatic N) is 2. The number of aromatic nitrogens is 3. The first kappa shape index (κ1) is 14.9. The third kappa shape index (κ3) is 2.58. The number of H-pyrrole nitrogens is 2. The molecule has 0 saturated carbocycles. The van der Waals surface area contributed by atoms with Gasteiger partial charge in [-0.05, 0) is 37.5 Å². The second kappa shape index (κ2) is 5.78. The van der Waals surface area contributed by atoms with E-state index in [1.54, 1.807) is 6.07 Å². The predicted octanol–water partition coefficient (Wildman–Crippen LogP) is 3.19. The van der Waals surface area contributed by atoms with Crippen molar-refractivity contribution in [3.05, 3.63) is 35.9 Å². The Hall–Kier alpha value is -2.63. The van der Waals surface area contributed by atoms with Crippen molar-refractivity contribution in [2.45, 2.75) is 26.2 Å². The summed E-state index contributed by atoms with van der Waals surface area (Å²) in [6, 6.07) is 6.32. The van der Waals surface area contributed by atoms with Crippen molar-refractivity contribution in [1.82, 2.24) is 9.97 Å². The Kier molecular flexibility index (Phi) is 3.59. The molecule has 1 aliphatic rings. The Bertz CT molecular complexity index is 899. The van der Waals surface area contributed by atoms with Gasteiger partial charge in [-0.2, -0.15) is 0 Å². The maximum Gasteiger partial charge on any atom is 0.249 e. The van der Waals surface area contributed by atoms with Crippen LogP contribution in [0.25, 0.3) is 22.3 Å². The number of rotatable bonds is 2. The fourth-order valence-electron chi connectivity index (χ4n) is 3.34. The SMILES string of the molecule is Cc1nc2cc(-c3ccc(O)c(F)c3)[nH]c2c(N2CCCCC2)[nH+]1. The summed E-state index contributed by atoms with van der Waals surface area (Å²) in [5.74, 6) is 0.928. The van der Waals surface area contributed by atoms with E-state index >= 15 is 0 Å². The Labute approximate surface area is 139 Å². The minimum atomic E-state index is -0.627. The fraction of sp³-hybridized carbons (Fsp3) is 0.333. The van der Waals surface area contributed by atoms with E-state index in [2.05, 4.69) is 19.9 Å². The van der Waals surface area contributed by atoms with E-state index in [4.69, 9.17) is 0 Å². The first-order chi connectivity index (χ1) is 11.6. The van der Waals surface area contributed by atoms with Crippen LogP contribution in [0.3, 0.4) is 0 Å². The number of hydrogen-bond acceptors (Lipinski definition) is 3. The van der Waals surface area contributed by atoms with Crippen molar-refractivity contribution in [3.8, 4) is 17.0 Å². The van der Waals surface area contributed by atoms with Gasteiger partial charge in [-0.15, -0.1) is 4.98 Å². The summed E-state index contributed by atoms with van der Waals surface area (Å²) in [5, 5.41) is 9.37. The molecule has 3 aromatic rings. The summed E-state index contributed by atoms with van der Waals surface area (Å²) in [4.78, 5) is 13.6. The van der Waals surface area contributed by atoms with Crippen LogP contribution in [0.5, 0.6) is 5.75 Å². The maximum atomic E-state index is 13.7. The number of aromatic hydroxyl groups is 1. The highest BCUT2D eigenvalue weighted by Crippen LogP contribution is 2.30. The predicted molar refractivity (Wildman–Crippen MR) is 90.5 cm³/mol. The van der Waals surface area contributed by atoms with Crippen molar-refractivity contribution in [2.24, 2.45) is 0 Å². The van der Waals surface area contributed by atoms with E-state index in [9.17, 15) is 9.50 Å². The molecule has 5 nitrogen and oxygen atoms in total. The van der Waals surface area contributed by atoms with Crippen LogP contribution in [0.2, 0.25) is 0 Å². The van der Waals surface area contributed by atoms with Crippen LogP contribution in [-0.2, 0) is 0 Å². The normalized spacial score (nSPS) is 15.2. The Morgan fingerprint density at radius 3 is 2.75 bits per heavy atom. The standard InChI is InChI=1S/C18H19FN4O/c1-11-20-15-10-14(12-5-6-16(24)13(19)9-12)22-17(15)18(21-11)23-7-3-2-4-8-23/h5-6,9-10,22,24H,2-4,7-8H2,1H3/p+1. The van der Waals surface area contributed by atoms with Gasteiger partial charge in [0.05, 0.1) is 13.1 Å². The van der Waals surface area contributed by atoms with Gasteiger partial charge in [-0.3, -0.25) is 4.90 Å². The summed E-state index contributed by atoms with van der Waals surface area (Å²) in [6.45, 7) is 3.99. The molecule has 3 N–H and O–H groups in total. The average molecular weight is 327 g/mol. The molecule has 0 aliphatic carbocycles. The van der Waals surface area contributed by atoms with E-state index in [0.717, 1.165) is 41.5 Å². The van der Waals surface area contributed by atoms with E-state index in [1.165, 1.54) is 31.4 Å². The highest BCUT2D eigenvalue weighted by atomic mass is 19.1. The van der Waals surface area contributed by atoms with Crippen LogP contribution in [0.1, 0.15) is 25.1 Å². The van der Waals surface area contributed by atoms with E-state index in [1.807, 2.05) is 13.0 Å². The molecule has 4 rings (SSSR count). The first-order valence-electron chi connectivity index (χ1n) is 8.28. The number of fused-ring (bicyclic) bond motifs is 1. The third-order valence-corrected chi connectivity index (χ3v) is 4.55. The number of aromatic amines is 2. The van der Waals surface area contributed by atoms with Crippen molar-refractivity contribution in [3.63, 3.8) is 0 Å². The number of nitrogens with one attached hydrogen (secondary N) is 2. The number of hydrogen-bond donors (Lipinski definition) is 2. The molecule has 0 amide bonds. The second-order valence-corrected chi connectivity index (χ2v) is 6.33. The maximum absolute atomic E-state index is 13.7. The minimum absolute atomic E-state index is 0.342. The minimum Gasteiger partial charge on any atom is -0.505 e. The molecule has 124 valence electrons. The van der Waals surface area contributed by atoms with Gasteiger partial charge < -0.3 is 10.1 Å². The molecule has 1 aliphatic heterocycles. The quantitative estimate of drug-likeness (QED) is 0.760. The van der Waals surface area contributed by atoms with Crippen LogP contribution >= 0.6 is 0 Å². The van der Waals surface area contributed by atoms with E-state index in [-0.39, 0.29) is 5.75 Å². The van der Waals surface area contributed by atoms with Crippen molar-refractivity contribution >= 4 is 16.9 Å². The second-order valence-electron chi connectivity index (χ2n) is 6.33. The van der Waals surface area contributed by atoms with Crippen LogP contribution in [-0.4, -0.2) is 28.2 Å². The molecule has 1 aromatic carbocycles. The number of benzene rings is 1. The molecule has 0 spiro atoms. The number of phenols is 1. The van der Waals surface area contributed by atoms with Gasteiger partial charge in [0.15, 0.2) is 22.6 Å². The molecule has 1 saturated heterocycles. The molecule has 0 radical (unpaired) electrons. The average Bonchev–Trinajstić information content (AvgIpc) is 3.01. The zero-order chi connectivity index (χ0) is 16.7. The van der Waals surface area contributed by atoms with Gasteiger partial charge in [0.25, 0.3) is 0 Å². The van der Waals surface area contributed by atoms with E-state index < -0.39 is 5.82 Å². The molecular weight excluding hydrogens is 307 g/mol. The number of halogens is 1. The van der Waals surface area contributed by atoms with Crippen LogP contribution in [0.15, 0.2) is 24.3 Å². The smallest absolute Gasteiger partial charge is 0.249 e.